The van der Waals surface area contributed by atoms with Crippen molar-refractivity contribution < 1.29 is 4.74 Å². The van der Waals surface area contributed by atoms with Crippen LogP contribution in [0.2, 0.25) is 5.02 Å². The molecule has 18 heavy (non-hydrogen) atoms. The summed E-state index contributed by atoms with van der Waals surface area (Å²) in [6.07, 6.45) is 2.41. The van der Waals surface area contributed by atoms with Gasteiger partial charge in [0, 0.05) is 11.6 Å². The summed E-state index contributed by atoms with van der Waals surface area (Å²) >= 11 is 5.94. The van der Waals surface area contributed by atoms with Crippen LogP contribution in [-0.4, -0.2) is 19.3 Å². The van der Waals surface area contributed by atoms with Gasteiger partial charge >= 0.3 is 0 Å². The van der Waals surface area contributed by atoms with Crippen LogP contribution in [0.5, 0.6) is 0 Å². The van der Waals surface area contributed by atoms with Gasteiger partial charge in [-0.15, -0.1) is 0 Å². The lowest BCUT2D eigenvalue weighted by Gasteiger charge is -2.28. The standard InChI is InChI=1S/C15H24ClNO/c1-4-7-14(18-6-3)15(17-5-2)12-8-10-13(16)11-9-12/h8-11,14-15,17H,4-7H2,1-3H3. The van der Waals surface area contributed by atoms with E-state index in [2.05, 4.69) is 31.3 Å². The van der Waals surface area contributed by atoms with E-state index in [4.69, 9.17) is 16.3 Å². The van der Waals surface area contributed by atoms with E-state index in [9.17, 15) is 0 Å². The summed E-state index contributed by atoms with van der Waals surface area (Å²) in [5, 5.41) is 4.30. The van der Waals surface area contributed by atoms with Gasteiger partial charge in [-0.1, -0.05) is 44.0 Å². The average molecular weight is 270 g/mol. The molecule has 0 fully saturated rings. The van der Waals surface area contributed by atoms with Gasteiger partial charge in [0.05, 0.1) is 12.1 Å². The minimum Gasteiger partial charge on any atom is -0.377 e. The third kappa shape index (κ3) is 4.60. The van der Waals surface area contributed by atoms with Crippen LogP contribution in [-0.2, 0) is 4.74 Å². The molecule has 1 aromatic carbocycles. The van der Waals surface area contributed by atoms with E-state index in [-0.39, 0.29) is 12.1 Å². The second-order valence-corrected chi connectivity index (χ2v) is 4.81. The zero-order valence-corrected chi connectivity index (χ0v) is 12.3. The fraction of sp³-hybridized carbons (Fsp3) is 0.600. The Bertz CT molecular complexity index is 320. The zero-order chi connectivity index (χ0) is 13.4. The fourth-order valence-electron chi connectivity index (χ4n) is 2.20. The van der Waals surface area contributed by atoms with Crippen molar-refractivity contribution >= 4 is 11.6 Å². The summed E-state index contributed by atoms with van der Waals surface area (Å²) in [6.45, 7) is 8.04. The third-order valence-corrected chi connectivity index (χ3v) is 3.23. The molecular formula is C15H24ClNO. The Morgan fingerprint density at radius 1 is 1.17 bits per heavy atom. The van der Waals surface area contributed by atoms with Crippen molar-refractivity contribution in [1.82, 2.24) is 5.32 Å². The van der Waals surface area contributed by atoms with Crippen LogP contribution < -0.4 is 5.32 Å². The number of likely N-dealkylation sites (N-methyl/N-ethyl adjacent to an activating group) is 1. The summed E-state index contributed by atoms with van der Waals surface area (Å²) < 4.78 is 5.89. The molecule has 2 atom stereocenters. The molecule has 0 aliphatic heterocycles. The van der Waals surface area contributed by atoms with Crippen LogP contribution in [0.15, 0.2) is 24.3 Å². The van der Waals surface area contributed by atoms with Crippen molar-refractivity contribution in [2.24, 2.45) is 0 Å². The molecule has 0 aliphatic carbocycles. The molecule has 0 saturated carbocycles. The van der Waals surface area contributed by atoms with E-state index >= 15 is 0 Å². The van der Waals surface area contributed by atoms with E-state index in [1.807, 2.05) is 19.1 Å². The zero-order valence-electron chi connectivity index (χ0n) is 11.6. The Hall–Kier alpha value is -0.570. The van der Waals surface area contributed by atoms with E-state index in [0.717, 1.165) is 31.0 Å². The van der Waals surface area contributed by atoms with E-state index in [0.29, 0.717) is 0 Å². The van der Waals surface area contributed by atoms with E-state index < -0.39 is 0 Å². The Morgan fingerprint density at radius 3 is 2.33 bits per heavy atom. The number of halogens is 1. The maximum Gasteiger partial charge on any atom is 0.0769 e. The van der Waals surface area contributed by atoms with Crippen molar-refractivity contribution in [2.45, 2.75) is 45.8 Å². The molecular weight excluding hydrogens is 246 g/mol. The van der Waals surface area contributed by atoms with Gasteiger partial charge in [-0.25, -0.2) is 0 Å². The van der Waals surface area contributed by atoms with Crippen molar-refractivity contribution in [3.63, 3.8) is 0 Å². The Kier molecular flexibility index (Phi) is 7.33. The molecule has 1 N–H and O–H groups in total. The molecule has 1 aromatic rings. The SMILES string of the molecule is CCCC(OCC)C(NCC)c1ccc(Cl)cc1. The summed E-state index contributed by atoms with van der Waals surface area (Å²) in [4.78, 5) is 0. The summed E-state index contributed by atoms with van der Waals surface area (Å²) in [5.74, 6) is 0. The molecule has 0 aromatic heterocycles. The maximum atomic E-state index is 5.94. The van der Waals surface area contributed by atoms with Crippen molar-refractivity contribution in [2.75, 3.05) is 13.2 Å². The first-order chi connectivity index (χ1) is 8.72. The van der Waals surface area contributed by atoms with Gasteiger partial charge < -0.3 is 10.1 Å². The topological polar surface area (TPSA) is 21.3 Å². The molecule has 0 amide bonds. The highest BCUT2D eigenvalue weighted by Crippen LogP contribution is 2.24. The quantitative estimate of drug-likeness (QED) is 0.764. The first-order valence-electron chi connectivity index (χ1n) is 6.83. The molecule has 0 spiro atoms. The van der Waals surface area contributed by atoms with Gasteiger partial charge in [0.1, 0.15) is 0 Å². The molecule has 0 bridgehead atoms. The summed E-state index contributed by atoms with van der Waals surface area (Å²) in [7, 11) is 0. The van der Waals surface area contributed by atoms with Gasteiger partial charge in [-0.3, -0.25) is 0 Å². The number of ether oxygens (including phenoxy) is 1. The highest BCUT2D eigenvalue weighted by Gasteiger charge is 2.21. The Labute approximate surface area is 116 Å². The lowest BCUT2D eigenvalue weighted by atomic mass is 9.98. The summed E-state index contributed by atoms with van der Waals surface area (Å²) in [6, 6.07) is 8.29. The maximum absolute atomic E-state index is 5.94. The molecule has 2 unspecified atom stereocenters. The normalized spacial score (nSPS) is 14.4. The minimum absolute atomic E-state index is 0.223. The van der Waals surface area contributed by atoms with E-state index in [1.54, 1.807) is 0 Å². The molecule has 3 heteroatoms. The van der Waals surface area contributed by atoms with Crippen molar-refractivity contribution in [3.05, 3.63) is 34.9 Å². The third-order valence-electron chi connectivity index (χ3n) is 2.98. The molecule has 102 valence electrons. The smallest absolute Gasteiger partial charge is 0.0769 e. The number of rotatable bonds is 8. The largest absolute Gasteiger partial charge is 0.377 e. The predicted octanol–water partition coefficient (Wildman–Crippen LogP) is 4.20. The van der Waals surface area contributed by atoms with Gasteiger partial charge in [0.2, 0.25) is 0 Å². The summed E-state index contributed by atoms with van der Waals surface area (Å²) in [5.41, 5.74) is 1.24. The molecule has 0 saturated heterocycles. The lowest BCUT2D eigenvalue weighted by molar-refractivity contribution is 0.0280. The average Bonchev–Trinajstić information content (AvgIpc) is 2.37. The highest BCUT2D eigenvalue weighted by atomic mass is 35.5. The lowest BCUT2D eigenvalue weighted by Crippen LogP contribution is -2.34. The number of benzene rings is 1. The van der Waals surface area contributed by atoms with Crippen LogP contribution >= 0.6 is 11.6 Å². The Balaban J connectivity index is 2.87. The van der Waals surface area contributed by atoms with Crippen LogP contribution in [0.25, 0.3) is 0 Å². The molecule has 0 radical (unpaired) electrons. The first kappa shape index (κ1) is 15.5. The molecule has 2 nitrogen and oxygen atoms in total. The molecule has 1 rings (SSSR count). The number of nitrogens with one attached hydrogen (secondary N) is 1. The van der Waals surface area contributed by atoms with Gasteiger partial charge in [-0.2, -0.15) is 0 Å². The van der Waals surface area contributed by atoms with Crippen molar-refractivity contribution in [1.29, 1.82) is 0 Å². The second kappa shape index (κ2) is 8.52. The van der Waals surface area contributed by atoms with Crippen LogP contribution in [0, 0.1) is 0 Å². The van der Waals surface area contributed by atoms with E-state index in [1.165, 1.54) is 5.56 Å². The van der Waals surface area contributed by atoms with Gasteiger partial charge in [0.15, 0.2) is 0 Å². The fourth-order valence-corrected chi connectivity index (χ4v) is 2.32. The number of hydrogen-bond donors (Lipinski definition) is 1. The monoisotopic (exact) mass is 269 g/mol. The van der Waals surface area contributed by atoms with Crippen LogP contribution in [0.4, 0.5) is 0 Å². The predicted molar refractivity (Wildman–Crippen MR) is 78.2 cm³/mol. The number of hydrogen-bond acceptors (Lipinski definition) is 2. The molecule has 0 aliphatic rings. The Morgan fingerprint density at radius 2 is 1.83 bits per heavy atom. The first-order valence-corrected chi connectivity index (χ1v) is 7.21. The minimum atomic E-state index is 0.223. The van der Waals surface area contributed by atoms with Crippen LogP contribution in [0.3, 0.4) is 0 Å². The molecule has 0 heterocycles. The van der Waals surface area contributed by atoms with Crippen molar-refractivity contribution in [3.8, 4) is 0 Å². The van der Waals surface area contributed by atoms with Gasteiger partial charge in [0.25, 0.3) is 0 Å². The van der Waals surface area contributed by atoms with Gasteiger partial charge in [-0.05, 0) is 37.6 Å². The van der Waals surface area contributed by atoms with Crippen LogP contribution in [0.1, 0.15) is 45.2 Å². The highest BCUT2D eigenvalue weighted by molar-refractivity contribution is 6.30. The second-order valence-electron chi connectivity index (χ2n) is 4.37.